The zero-order valence-electron chi connectivity index (χ0n) is 15.7. The summed E-state index contributed by atoms with van der Waals surface area (Å²) in [5.74, 6) is -0.259. The Morgan fingerprint density at radius 2 is 2.07 bits per heavy atom. The molecular weight excluding hydrogens is 436 g/mol. The van der Waals surface area contributed by atoms with Crippen LogP contribution in [0.5, 0.6) is 0 Å². The molecule has 0 saturated heterocycles. The first-order valence-electron chi connectivity index (χ1n) is 8.82. The molecule has 29 heavy (non-hydrogen) atoms. The van der Waals surface area contributed by atoms with E-state index in [4.69, 9.17) is 21.2 Å². The molecule has 0 fully saturated rings. The summed E-state index contributed by atoms with van der Waals surface area (Å²) in [5, 5.41) is 1.74. The number of carbonyl (C=O) groups is 1. The molecule has 0 bridgehead atoms. The number of Topliss-reactive ketones (excluding diaryl/α,β-unsaturated/α-hetero) is 1. The number of hydroxylamine groups is 1. The number of halogens is 1. The summed E-state index contributed by atoms with van der Waals surface area (Å²) < 4.78 is 33.8. The van der Waals surface area contributed by atoms with Crippen molar-refractivity contribution in [3.8, 4) is 0 Å². The second-order valence-corrected chi connectivity index (χ2v) is 10.1. The average Bonchev–Trinajstić information content (AvgIpc) is 3.36. The Labute approximate surface area is 177 Å². The van der Waals surface area contributed by atoms with Crippen LogP contribution in [0.15, 0.2) is 39.8 Å². The number of sulfonamides is 1. The van der Waals surface area contributed by atoms with Gasteiger partial charge in [0.25, 0.3) is 0 Å². The number of carbonyl (C=O) groups excluding carboxylic acids is 1. The molecule has 4 rings (SSSR count). The summed E-state index contributed by atoms with van der Waals surface area (Å²) in [6.07, 6.45) is 1.32. The first-order valence-corrected chi connectivity index (χ1v) is 11.6. The molecule has 154 valence electrons. The Morgan fingerprint density at radius 1 is 1.34 bits per heavy atom. The van der Waals surface area contributed by atoms with Gasteiger partial charge in [-0.25, -0.2) is 8.42 Å². The number of thiophene rings is 1. The molecule has 2 aliphatic heterocycles. The lowest BCUT2D eigenvalue weighted by Crippen LogP contribution is -2.53. The van der Waals surface area contributed by atoms with Gasteiger partial charge in [-0.1, -0.05) is 23.7 Å². The number of fused-ring (bicyclic) bond motifs is 1. The predicted molar refractivity (Wildman–Crippen MR) is 109 cm³/mol. The zero-order valence-corrected chi connectivity index (χ0v) is 18.1. The van der Waals surface area contributed by atoms with E-state index < -0.39 is 15.7 Å². The molecule has 3 heterocycles. The molecule has 2 aromatic rings. The maximum absolute atomic E-state index is 13.0. The molecule has 0 radical (unpaired) electrons. The van der Waals surface area contributed by atoms with Crippen molar-refractivity contribution in [3.05, 3.63) is 62.0 Å². The highest BCUT2D eigenvalue weighted by molar-refractivity contribution is 7.89. The Hall–Kier alpha value is -1.75. The third-order valence-electron chi connectivity index (χ3n) is 4.94. The van der Waals surface area contributed by atoms with E-state index in [0.717, 1.165) is 33.6 Å². The molecule has 1 atom stereocenters. The van der Waals surface area contributed by atoms with E-state index in [0.29, 0.717) is 13.2 Å². The van der Waals surface area contributed by atoms with Crippen LogP contribution in [0.3, 0.4) is 0 Å². The Kier molecular flexibility index (Phi) is 5.30. The number of rotatable bonds is 6. The lowest BCUT2D eigenvalue weighted by molar-refractivity contribution is 0.0990. The molecule has 2 N–H and O–H groups in total. The lowest BCUT2D eigenvalue weighted by Gasteiger charge is -2.24. The minimum atomic E-state index is -4.03. The fourth-order valence-corrected chi connectivity index (χ4v) is 6.20. The fourth-order valence-electron chi connectivity index (χ4n) is 3.32. The smallest absolute Gasteiger partial charge is 0.244 e. The average molecular weight is 455 g/mol. The van der Waals surface area contributed by atoms with Gasteiger partial charge in [-0.2, -0.15) is 4.72 Å². The number of benzene rings is 1. The molecule has 0 aliphatic carbocycles. The highest BCUT2D eigenvalue weighted by atomic mass is 35.5. The van der Waals surface area contributed by atoms with Crippen LogP contribution in [-0.4, -0.2) is 19.9 Å². The van der Waals surface area contributed by atoms with Crippen LogP contribution in [0.2, 0.25) is 0 Å². The second-order valence-electron chi connectivity index (χ2n) is 7.17. The van der Waals surface area contributed by atoms with Crippen LogP contribution in [0, 0.1) is 6.92 Å². The molecule has 0 amide bonds. The standard InChI is InChI=1S/C19H19ClN2O5S2/c1-11-5-13-8-26-9-14(13)6-12(11)7-15(23)18-16(3-4-28-18)29(24,25)22-19(2)17(20)10-27-21-19/h3-6,10,21-22H,7-9H2,1-2H3. The van der Waals surface area contributed by atoms with Crippen LogP contribution >= 0.6 is 22.9 Å². The van der Waals surface area contributed by atoms with Gasteiger partial charge in [0.1, 0.15) is 11.2 Å². The van der Waals surface area contributed by atoms with Crippen molar-refractivity contribution >= 4 is 38.7 Å². The number of hydrogen-bond acceptors (Lipinski definition) is 7. The summed E-state index contributed by atoms with van der Waals surface area (Å²) >= 11 is 7.13. The lowest BCUT2D eigenvalue weighted by atomic mass is 9.97. The van der Waals surface area contributed by atoms with Crippen LogP contribution in [0.1, 0.15) is 38.8 Å². The number of hydrogen-bond donors (Lipinski definition) is 2. The summed E-state index contributed by atoms with van der Waals surface area (Å²) in [7, 11) is -4.03. The Bertz CT molecular complexity index is 1130. The first-order chi connectivity index (χ1) is 13.7. The Morgan fingerprint density at radius 3 is 2.76 bits per heavy atom. The van der Waals surface area contributed by atoms with Gasteiger partial charge in [-0.05, 0) is 47.5 Å². The maximum atomic E-state index is 13.0. The van der Waals surface area contributed by atoms with E-state index in [1.54, 1.807) is 5.38 Å². The van der Waals surface area contributed by atoms with Crippen LogP contribution in [-0.2, 0) is 39.2 Å². The van der Waals surface area contributed by atoms with Gasteiger partial charge in [0.2, 0.25) is 10.0 Å². The van der Waals surface area contributed by atoms with Crippen LogP contribution in [0.25, 0.3) is 0 Å². The molecule has 2 aliphatic rings. The minimum absolute atomic E-state index is 0.0750. The van der Waals surface area contributed by atoms with Crippen molar-refractivity contribution in [2.24, 2.45) is 0 Å². The van der Waals surface area contributed by atoms with Crippen LogP contribution in [0.4, 0.5) is 0 Å². The summed E-state index contributed by atoms with van der Waals surface area (Å²) in [6.45, 7) is 4.58. The van der Waals surface area contributed by atoms with E-state index in [1.807, 2.05) is 19.1 Å². The summed E-state index contributed by atoms with van der Waals surface area (Å²) in [5.41, 5.74) is 5.26. The van der Waals surface area contributed by atoms with Crippen molar-refractivity contribution in [2.45, 2.75) is 44.0 Å². The molecule has 0 spiro atoms. The summed E-state index contributed by atoms with van der Waals surface area (Å²) in [4.78, 5) is 18.0. The molecular formula is C19H19ClN2O5S2. The highest BCUT2D eigenvalue weighted by Gasteiger charge is 2.39. The highest BCUT2D eigenvalue weighted by Crippen LogP contribution is 2.30. The maximum Gasteiger partial charge on any atom is 0.244 e. The normalized spacial score (nSPS) is 21.0. The van der Waals surface area contributed by atoms with Crippen LogP contribution < -0.4 is 10.2 Å². The number of aryl methyl sites for hydroxylation is 1. The second kappa shape index (κ2) is 7.50. The van der Waals surface area contributed by atoms with Crippen molar-refractivity contribution in [3.63, 3.8) is 0 Å². The van der Waals surface area contributed by atoms with Gasteiger partial charge < -0.3 is 9.57 Å². The van der Waals surface area contributed by atoms with Crippen molar-refractivity contribution < 1.29 is 22.8 Å². The predicted octanol–water partition coefficient (Wildman–Crippen LogP) is 3.12. The van der Waals surface area contributed by atoms with Crippen molar-refractivity contribution in [1.82, 2.24) is 10.2 Å². The topological polar surface area (TPSA) is 93.7 Å². The number of ketones is 1. The number of nitrogens with one attached hydrogen (secondary N) is 2. The number of ether oxygens (including phenoxy) is 1. The van der Waals surface area contributed by atoms with Gasteiger partial charge >= 0.3 is 0 Å². The van der Waals surface area contributed by atoms with Gasteiger partial charge in [0, 0.05) is 6.42 Å². The van der Waals surface area contributed by atoms with Gasteiger partial charge in [0.05, 0.1) is 23.1 Å². The SMILES string of the molecule is Cc1cc2c(cc1CC(=O)c1sccc1S(=O)(=O)NC1(C)NOC=C1Cl)COC2. The monoisotopic (exact) mass is 454 g/mol. The quantitative estimate of drug-likeness (QED) is 0.651. The van der Waals surface area contributed by atoms with E-state index >= 15 is 0 Å². The van der Waals surface area contributed by atoms with Gasteiger partial charge in [-0.15, -0.1) is 16.8 Å². The van der Waals surface area contributed by atoms with Crippen molar-refractivity contribution in [1.29, 1.82) is 0 Å². The molecule has 10 heteroatoms. The van der Waals surface area contributed by atoms with Gasteiger partial charge in [-0.3, -0.25) is 4.79 Å². The first kappa shape index (κ1) is 20.5. The molecule has 1 aromatic heterocycles. The Balaban J connectivity index is 1.59. The summed E-state index contributed by atoms with van der Waals surface area (Å²) in [6, 6.07) is 5.42. The molecule has 7 nitrogen and oxygen atoms in total. The molecule has 1 aromatic carbocycles. The fraction of sp³-hybridized carbons (Fsp3) is 0.316. The van der Waals surface area contributed by atoms with Gasteiger partial charge in [0.15, 0.2) is 11.4 Å². The third kappa shape index (κ3) is 3.86. The third-order valence-corrected chi connectivity index (χ3v) is 8.09. The van der Waals surface area contributed by atoms with E-state index in [-0.39, 0.29) is 27.0 Å². The van der Waals surface area contributed by atoms with E-state index in [9.17, 15) is 13.2 Å². The van der Waals surface area contributed by atoms with Crippen molar-refractivity contribution in [2.75, 3.05) is 0 Å². The largest absolute Gasteiger partial charge is 0.413 e. The van der Waals surface area contributed by atoms with E-state index in [1.165, 1.54) is 19.3 Å². The zero-order chi connectivity index (χ0) is 20.8. The van der Waals surface area contributed by atoms with E-state index in [2.05, 4.69) is 10.2 Å². The molecule has 1 unspecified atom stereocenters. The minimum Gasteiger partial charge on any atom is -0.413 e. The molecule has 0 saturated carbocycles.